The van der Waals surface area contributed by atoms with Gasteiger partial charge in [0, 0.05) is 30.9 Å². The maximum Gasteiger partial charge on any atom is 0.0553 e. The molecule has 0 radical (unpaired) electrons. The van der Waals surface area contributed by atoms with Crippen LogP contribution in [0.1, 0.15) is 26.0 Å². The molecule has 1 saturated heterocycles. The SMILES string of the molecule is Cc1ccc(N2CCC(NC(C)C)C2)cn1. The van der Waals surface area contributed by atoms with Crippen molar-refractivity contribution < 1.29 is 0 Å². The lowest BCUT2D eigenvalue weighted by atomic mass is 10.2. The lowest BCUT2D eigenvalue weighted by Gasteiger charge is -2.19. The van der Waals surface area contributed by atoms with E-state index in [9.17, 15) is 0 Å². The fourth-order valence-electron chi connectivity index (χ4n) is 2.25. The van der Waals surface area contributed by atoms with Gasteiger partial charge in [-0.2, -0.15) is 0 Å². The van der Waals surface area contributed by atoms with Gasteiger partial charge >= 0.3 is 0 Å². The van der Waals surface area contributed by atoms with Crippen molar-refractivity contribution in [3.05, 3.63) is 24.0 Å². The van der Waals surface area contributed by atoms with Crippen LogP contribution in [0.3, 0.4) is 0 Å². The number of hydrogen-bond acceptors (Lipinski definition) is 3. The summed E-state index contributed by atoms with van der Waals surface area (Å²) in [5.41, 5.74) is 2.33. The standard InChI is InChI=1S/C13H21N3/c1-10(2)15-12-6-7-16(9-12)13-5-4-11(3)14-8-13/h4-5,8,10,12,15H,6-7,9H2,1-3H3. The molecule has 0 saturated carbocycles. The Morgan fingerprint density at radius 2 is 2.25 bits per heavy atom. The Kier molecular flexibility index (Phi) is 3.44. The molecule has 3 heteroatoms. The first-order valence-corrected chi connectivity index (χ1v) is 6.09. The van der Waals surface area contributed by atoms with Crippen LogP contribution in [-0.2, 0) is 0 Å². The minimum atomic E-state index is 0.570. The van der Waals surface area contributed by atoms with Crippen LogP contribution in [0.4, 0.5) is 5.69 Å². The van der Waals surface area contributed by atoms with Crippen molar-refractivity contribution in [1.29, 1.82) is 0 Å². The molecule has 16 heavy (non-hydrogen) atoms. The van der Waals surface area contributed by atoms with E-state index < -0.39 is 0 Å². The highest BCUT2D eigenvalue weighted by molar-refractivity contribution is 5.45. The summed E-state index contributed by atoms with van der Waals surface area (Å²) in [5.74, 6) is 0. The number of aryl methyl sites for hydroxylation is 1. The Bertz CT molecular complexity index is 332. The number of aromatic nitrogens is 1. The van der Waals surface area contributed by atoms with Gasteiger partial charge in [-0.3, -0.25) is 4.98 Å². The molecule has 2 heterocycles. The molecule has 0 aromatic carbocycles. The minimum Gasteiger partial charge on any atom is -0.369 e. The number of nitrogens with zero attached hydrogens (tertiary/aromatic N) is 2. The van der Waals surface area contributed by atoms with Crippen molar-refractivity contribution in [2.75, 3.05) is 18.0 Å². The Labute approximate surface area is 97.9 Å². The second-order valence-electron chi connectivity index (χ2n) is 4.91. The van der Waals surface area contributed by atoms with Crippen molar-refractivity contribution in [2.24, 2.45) is 0 Å². The minimum absolute atomic E-state index is 0.570. The molecular formula is C13H21N3. The first kappa shape index (κ1) is 11.4. The summed E-state index contributed by atoms with van der Waals surface area (Å²) in [6, 6.07) is 5.45. The van der Waals surface area contributed by atoms with Gasteiger partial charge in [0.2, 0.25) is 0 Å². The monoisotopic (exact) mass is 219 g/mol. The molecule has 0 spiro atoms. The fraction of sp³-hybridized carbons (Fsp3) is 0.615. The zero-order chi connectivity index (χ0) is 11.5. The van der Waals surface area contributed by atoms with Gasteiger partial charge in [0.25, 0.3) is 0 Å². The first-order valence-electron chi connectivity index (χ1n) is 6.09. The molecule has 0 amide bonds. The van der Waals surface area contributed by atoms with E-state index in [0.717, 1.165) is 18.8 Å². The Morgan fingerprint density at radius 3 is 2.88 bits per heavy atom. The van der Waals surface area contributed by atoms with E-state index in [1.54, 1.807) is 0 Å². The molecule has 1 atom stereocenters. The molecular weight excluding hydrogens is 198 g/mol. The van der Waals surface area contributed by atoms with Crippen molar-refractivity contribution in [3.8, 4) is 0 Å². The van der Waals surface area contributed by atoms with E-state index in [1.807, 2.05) is 13.1 Å². The number of nitrogens with one attached hydrogen (secondary N) is 1. The Morgan fingerprint density at radius 1 is 1.44 bits per heavy atom. The molecule has 88 valence electrons. The quantitative estimate of drug-likeness (QED) is 0.842. The maximum atomic E-state index is 4.35. The molecule has 1 aromatic rings. The van der Waals surface area contributed by atoms with Gasteiger partial charge in [-0.1, -0.05) is 13.8 Å². The fourth-order valence-corrected chi connectivity index (χ4v) is 2.25. The molecule has 1 aromatic heterocycles. The number of rotatable bonds is 3. The molecule has 2 rings (SSSR count). The van der Waals surface area contributed by atoms with Gasteiger partial charge in [-0.15, -0.1) is 0 Å². The molecule has 1 fully saturated rings. The maximum absolute atomic E-state index is 4.35. The largest absolute Gasteiger partial charge is 0.369 e. The van der Waals surface area contributed by atoms with Crippen LogP contribution in [0, 0.1) is 6.92 Å². The normalized spacial score (nSPS) is 20.8. The van der Waals surface area contributed by atoms with Crippen LogP contribution in [0.25, 0.3) is 0 Å². The lowest BCUT2D eigenvalue weighted by molar-refractivity contribution is 0.492. The third-order valence-electron chi connectivity index (χ3n) is 3.02. The van der Waals surface area contributed by atoms with Gasteiger partial charge in [0.15, 0.2) is 0 Å². The highest BCUT2D eigenvalue weighted by atomic mass is 15.2. The predicted molar refractivity (Wildman–Crippen MR) is 67.9 cm³/mol. The van der Waals surface area contributed by atoms with Crippen molar-refractivity contribution in [2.45, 2.75) is 39.3 Å². The average molecular weight is 219 g/mol. The molecule has 1 N–H and O–H groups in total. The van der Waals surface area contributed by atoms with Crippen LogP contribution in [0.5, 0.6) is 0 Å². The number of pyridine rings is 1. The Balaban J connectivity index is 1.95. The molecule has 1 aliphatic rings. The predicted octanol–water partition coefficient (Wildman–Crippen LogP) is 1.97. The topological polar surface area (TPSA) is 28.2 Å². The third kappa shape index (κ3) is 2.73. The molecule has 0 aliphatic carbocycles. The number of hydrogen-bond donors (Lipinski definition) is 1. The summed E-state index contributed by atoms with van der Waals surface area (Å²) >= 11 is 0. The van der Waals surface area contributed by atoms with Gasteiger partial charge in [-0.25, -0.2) is 0 Å². The van der Waals surface area contributed by atoms with Crippen LogP contribution >= 0.6 is 0 Å². The molecule has 1 aliphatic heterocycles. The molecule has 3 nitrogen and oxygen atoms in total. The van der Waals surface area contributed by atoms with Crippen LogP contribution < -0.4 is 10.2 Å². The summed E-state index contributed by atoms with van der Waals surface area (Å²) < 4.78 is 0. The Hall–Kier alpha value is -1.09. The van der Waals surface area contributed by atoms with Gasteiger partial charge in [0.05, 0.1) is 11.9 Å². The second kappa shape index (κ2) is 4.83. The van der Waals surface area contributed by atoms with E-state index in [0.29, 0.717) is 12.1 Å². The number of anilines is 1. The zero-order valence-electron chi connectivity index (χ0n) is 10.4. The summed E-state index contributed by atoms with van der Waals surface area (Å²) in [6.07, 6.45) is 3.21. The first-order chi connectivity index (χ1) is 7.65. The van der Waals surface area contributed by atoms with Crippen molar-refractivity contribution in [3.63, 3.8) is 0 Å². The molecule has 0 bridgehead atoms. The molecule has 1 unspecified atom stereocenters. The van der Waals surface area contributed by atoms with Gasteiger partial charge in [0.1, 0.15) is 0 Å². The van der Waals surface area contributed by atoms with Crippen molar-refractivity contribution in [1.82, 2.24) is 10.3 Å². The summed E-state index contributed by atoms with van der Waals surface area (Å²) in [6.45, 7) is 8.67. The highest BCUT2D eigenvalue weighted by Crippen LogP contribution is 2.19. The smallest absolute Gasteiger partial charge is 0.0553 e. The van der Waals surface area contributed by atoms with Gasteiger partial charge < -0.3 is 10.2 Å². The van der Waals surface area contributed by atoms with Crippen LogP contribution in [0.15, 0.2) is 18.3 Å². The summed E-state index contributed by atoms with van der Waals surface area (Å²) in [7, 11) is 0. The van der Waals surface area contributed by atoms with E-state index >= 15 is 0 Å². The van der Waals surface area contributed by atoms with Gasteiger partial charge in [-0.05, 0) is 25.5 Å². The average Bonchev–Trinajstić information content (AvgIpc) is 2.66. The highest BCUT2D eigenvalue weighted by Gasteiger charge is 2.22. The lowest BCUT2D eigenvalue weighted by Crippen LogP contribution is -2.37. The summed E-state index contributed by atoms with van der Waals surface area (Å²) in [4.78, 5) is 6.76. The second-order valence-corrected chi connectivity index (χ2v) is 4.91. The van der Waals surface area contributed by atoms with E-state index in [2.05, 4.69) is 41.2 Å². The van der Waals surface area contributed by atoms with E-state index in [-0.39, 0.29) is 0 Å². The zero-order valence-corrected chi connectivity index (χ0v) is 10.4. The van der Waals surface area contributed by atoms with E-state index in [1.165, 1.54) is 12.1 Å². The van der Waals surface area contributed by atoms with E-state index in [4.69, 9.17) is 0 Å². The van der Waals surface area contributed by atoms with Crippen LogP contribution in [-0.4, -0.2) is 30.2 Å². The summed E-state index contributed by atoms with van der Waals surface area (Å²) in [5, 5.41) is 3.59. The third-order valence-corrected chi connectivity index (χ3v) is 3.02. The van der Waals surface area contributed by atoms with Crippen molar-refractivity contribution >= 4 is 5.69 Å². The van der Waals surface area contributed by atoms with Crippen LogP contribution in [0.2, 0.25) is 0 Å².